The lowest BCUT2D eigenvalue weighted by molar-refractivity contribution is -0.121. The van der Waals surface area contributed by atoms with Crippen LogP contribution in [-0.2, 0) is 17.9 Å². The first kappa shape index (κ1) is 12.0. The molecule has 2 rings (SSSR count). The summed E-state index contributed by atoms with van der Waals surface area (Å²) in [5, 5.41) is 10.5. The molecule has 94 valence electrons. The summed E-state index contributed by atoms with van der Waals surface area (Å²) in [5.74, 6) is 0.809. The monoisotopic (exact) mass is 237 g/mol. The minimum atomic E-state index is -0.0159. The van der Waals surface area contributed by atoms with Crippen LogP contribution in [0.4, 0.5) is 0 Å². The van der Waals surface area contributed by atoms with Crippen LogP contribution >= 0.6 is 0 Å². The number of amides is 1. The van der Waals surface area contributed by atoms with E-state index in [1.165, 1.54) is 23.9 Å². The van der Waals surface area contributed by atoms with Crippen LogP contribution in [0, 0.1) is 5.92 Å². The Morgan fingerprint density at radius 2 is 2.41 bits per heavy atom. The van der Waals surface area contributed by atoms with Crippen LogP contribution in [0.3, 0.4) is 0 Å². The third kappa shape index (κ3) is 3.52. The molecule has 0 bridgehead atoms. The molecule has 6 heteroatoms. The molecule has 1 saturated carbocycles. The molecule has 0 atom stereocenters. The molecule has 0 radical (unpaired) electrons. The van der Waals surface area contributed by atoms with Gasteiger partial charge in [-0.1, -0.05) is 24.5 Å². The van der Waals surface area contributed by atoms with Gasteiger partial charge in [0.05, 0.1) is 11.9 Å². The van der Waals surface area contributed by atoms with E-state index in [0.717, 1.165) is 18.9 Å². The van der Waals surface area contributed by atoms with E-state index in [-0.39, 0.29) is 12.5 Å². The zero-order chi connectivity index (χ0) is 12.1. The summed E-state index contributed by atoms with van der Waals surface area (Å²) in [7, 11) is 0. The molecule has 0 aliphatic heterocycles. The third-order valence-electron chi connectivity index (χ3n) is 3.20. The van der Waals surface area contributed by atoms with Gasteiger partial charge in [0.2, 0.25) is 5.91 Å². The minimum Gasteiger partial charge on any atom is -0.354 e. The highest BCUT2D eigenvalue weighted by molar-refractivity contribution is 5.75. The van der Waals surface area contributed by atoms with Crippen LogP contribution in [-0.4, -0.2) is 27.4 Å². The van der Waals surface area contributed by atoms with Crippen LogP contribution in [0.5, 0.6) is 0 Å². The topological polar surface area (TPSA) is 85.8 Å². The van der Waals surface area contributed by atoms with E-state index in [4.69, 9.17) is 5.73 Å². The first-order chi connectivity index (χ1) is 8.28. The standard InChI is InChI=1S/C11H19N5O/c12-6-10-7-16(15-14-10)8-11(17)13-5-4-9-2-1-3-9/h7,9H,1-6,8,12H2,(H,13,17). The molecule has 1 heterocycles. The first-order valence-corrected chi connectivity index (χ1v) is 6.13. The molecule has 0 spiro atoms. The lowest BCUT2D eigenvalue weighted by Gasteiger charge is -2.25. The second-order valence-corrected chi connectivity index (χ2v) is 4.55. The van der Waals surface area contributed by atoms with Crippen molar-refractivity contribution in [3.05, 3.63) is 11.9 Å². The van der Waals surface area contributed by atoms with Gasteiger partial charge in [0, 0.05) is 13.1 Å². The summed E-state index contributed by atoms with van der Waals surface area (Å²) in [6, 6.07) is 0. The maximum atomic E-state index is 11.6. The molecule has 0 unspecified atom stereocenters. The van der Waals surface area contributed by atoms with E-state index in [9.17, 15) is 4.79 Å². The Morgan fingerprint density at radius 1 is 1.59 bits per heavy atom. The normalized spacial score (nSPS) is 15.6. The Hall–Kier alpha value is -1.43. The average molecular weight is 237 g/mol. The van der Waals surface area contributed by atoms with Crippen molar-refractivity contribution >= 4 is 5.91 Å². The quantitative estimate of drug-likeness (QED) is 0.731. The highest BCUT2D eigenvalue weighted by Crippen LogP contribution is 2.28. The maximum absolute atomic E-state index is 11.6. The van der Waals surface area contributed by atoms with Crippen molar-refractivity contribution in [3.8, 4) is 0 Å². The lowest BCUT2D eigenvalue weighted by Crippen LogP contribution is -2.30. The number of hydrogen-bond acceptors (Lipinski definition) is 4. The number of carbonyl (C=O) groups is 1. The summed E-state index contributed by atoms with van der Waals surface area (Å²) in [5.41, 5.74) is 6.11. The van der Waals surface area contributed by atoms with Crippen molar-refractivity contribution in [2.45, 2.75) is 38.8 Å². The highest BCUT2D eigenvalue weighted by atomic mass is 16.2. The van der Waals surface area contributed by atoms with Gasteiger partial charge in [-0.15, -0.1) is 5.10 Å². The Morgan fingerprint density at radius 3 is 3.00 bits per heavy atom. The largest absolute Gasteiger partial charge is 0.354 e. The van der Waals surface area contributed by atoms with Gasteiger partial charge in [0.15, 0.2) is 0 Å². The summed E-state index contributed by atoms with van der Waals surface area (Å²) in [6.45, 7) is 1.34. The SMILES string of the molecule is NCc1cn(CC(=O)NCCC2CCC2)nn1. The van der Waals surface area contributed by atoms with E-state index in [0.29, 0.717) is 12.2 Å². The van der Waals surface area contributed by atoms with Crippen LogP contribution in [0.2, 0.25) is 0 Å². The van der Waals surface area contributed by atoms with Crippen molar-refractivity contribution in [1.29, 1.82) is 0 Å². The van der Waals surface area contributed by atoms with Crippen molar-refractivity contribution in [2.24, 2.45) is 11.7 Å². The van der Waals surface area contributed by atoms with Gasteiger partial charge in [0.25, 0.3) is 0 Å². The average Bonchev–Trinajstić information content (AvgIpc) is 2.69. The fourth-order valence-corrected chi connectivity index (χ4v) is 1.91. The van der Waals surface area contributed by atoms with E-state index in [2.05, 4.69) is 15.6 Å². The van der Waals surface area contributed by atoms with Crippen molar-refractivity contribution in [2.75, 3.05) is 6.54 Å². The molecule has 17 heavy (non-hydrogen) atoms. The molecular formula is C11H19N5O. The Kier molecular flexibility index (Phi) is 4.08. The van der Waals surface area contributed by atoms with E-state index >= 15 is 0 Å². The van der Waals surface area contributed by atoms with Crippen LogP contribution in [0.15, 0.2) is 6.20 Å². The maximum Gasteiger partial charge on any atom is 0.241 e. The van der Waals surface area contributed by atoms with Gasteiger partial charge in [0.1, 0.15) is 6.54 Å². The van der Waals surface area contributed by atoms with Gasteiger partial charge in [-0.2, -0.15) is 0 Å². The molecule has 6 nitrogen and oxygen atoms in total. The predicted octanol–water partition coefficient (Wildman–Crippen LogP) is 0.0432. The molecule has 1 aromatic heterocycles. The second-order valence-electron chi connectivity index (χ2n) is 4.55. The summed E-state index contributed by atoms with van der Waals surface area (Å²) in [6.07, 6.45) is 6.78. The van der Waals surface area contributed by atoms with Gasteiger partial charge in [-0.05, 0) is 12.3 Å². The molecule has 1 aliphatic rings. The molecular weight excluding hydrogens is 218 g/mol. The first-order valence-electron chi connectivity index (χ1n) is 6.13. The number of rotatable bonds is 6. The summed E-state index contributed by atoms with van der Waals surface area (Å²) in [4.78, 5) is 11.6. The number of hydrogen-bond donors (Lipinski definition) is 2. The van der Waals surface area contributed by atoms with Crippen LogP contribution in [0.1, 0.15) is 31.4 Å². The number of nitrogens with one attached hydrogen (secondary N) is 1. The van der Waals surface area contributed by atoms with Crippen molar-refractivity contribution < 1.29 is 4.79 Å². The minimum absolute atomic E-state index is 0.0159. The third-order valence-corrected chi connectivity index (χ3v) is 3.20. The predicted molar refractivity (Wildman–Crippen MR) is 62.9 cm³/mol. The van der Waals surface area contributed by atoms with Crippen LogP contribution < -0.4 is 11.1 Å². The van der Waals surface area contributed by atoms with E-state index < -0.39 is 0 Å². The Labute approximate surface area is 101 Å². The smallest absolute Gasteiger partial charge is 0.241 e. The van der Waals surface area contributed by atoms with Crippen molar-refractivity contribution in [3.63, 3.8) is 0 Å². The van der Waals surface area contributed by atoms with Gasteiger partial charge < -0.3 is 11.1 Å². The summed E-state index contributed by atoms with van der Waals surface area (Å²) < 4.78 is 1.51. The molecule has 1 aromatic rings. The van der Waals surface area contributed by atoms with E-state index in [1.54, 1.807) is 6.20 Å². The second kappa shape index (κ2) is 5.77. The zero-order valence-corrected chi connectivity index (χ0v) is 9.93. The molecule has 0 saturated heterocycles. The van der Waals surface area contributed by atoms with E-state index in [1.807, 2.05) is 0 Å². The van der Waals surface area contributed by atoms with Crippen LogP contribution in [0.25, 0.3) is 0 Å². The lowest BCUT2D eigenvalue weighted by atomic mass is 9.83. The molecule has 1 aliphatic carbocycles. The van der Waals surface area contributed by atoms with Gasteiger partial charge in [-0.3, -0.25) is 4.79 Å². The number of nitrogens with zero attached hydrogens (tertiary/aromatic N) is 3. The zero-order valence-electron chi connectivity index (χ0n) is 9.93. The Bertz CT molecular complexity index is 372. The molecule has 3 N–H and O–H groups in total. The number of aromatic nitrogens is 3. The van der Waals surface area contributed by atoms with Gasteiger partial charge in [-0.25, -0.2) is 4.68 Å². The summed E-state index contributed by atoms with van der Waals surface area (Å²) >= 11 is 0. The number of carbonyl (C=O) groups excluding carboxylic acids is 1. The fraction of sp³-hybridized carbons (Fsp3) is 0.727. The van der Waals surface area contributed by atoms with Crippen molar-refractivity contribution in [1.82, 2.24) is 20.3 Å². The molecule has 0 aromatic carbocycles. The molecule has 1 fully saturated rings. The highest BCUT2D eigenvalue weighted by Gasteiger charge is 2.16. The van der Waals surface area contributed by atoms with Gasteiger partial charge >= 0.3 is 0 Å². The number of nitrogens with two attached hydrogens (primary N) is 1. The molecule has 1 amide bonds. The fourth-order valence-electron chi connectivity index (χ4n) is 1.91. The Balaban J connectivity index is 1.65.